The monoisotopic (exact) mass is 361 g/mol. The molecule has 0 unspecified atom stereocenters. The van der Waals surface area contributed by atoms with Gasteiger partial charge in [-0.3, -0.25) is 9.59 Å². The Balaban J connectivity index is 1.66. The summed E-state index contributed by atoms with van der Waals surface area (Å²) in [6.07, 6.45) is 2.89. The molecule has 1 N–H and O–H groups in total. The van der Waals surface area contributed by atoms with Gasteiger partial charge in [-0.05, 0) is 37.5 Å². The van der Waals surface area contributed by atoms with Crippen LogP contribution < -0.4 is 10.2 Å². The first-order valence-electron chi connectivity index (χ1n) is 9.58. The molecule has 26 heavy (non-hydrogen) atoms. The number of nitrogens with one attached hydrogen (secondary N) is 1. The van der Waals surface area contributed by atoms with Crippen LogP contribution in [0.1, 0.15) is 31.7 Å². The van der Waals surface area contributed by atoms with Crippen LogP contribution in [0.5, 0.6) is 0 Å². The van der Waals surface area contributed by atoms with Crippen LogP contribution >= 0.6 is 0 Å². The normalized spacial score (nSPS) is 14.4. The quantitative estimate of drug-likeness (QED) is 0.568. The second-order valence-electron chi connectivity index (χ2n) is 6.69. The van der Waals surface area contributed by atoms with Crippen molar-refractivity contribution in [2.24, 2.45) is 0 Å². The lowest BCUT2D eigenvalue weighted by Gasteiger charge is -2.35. The summed E-state index contributed by atoms with van der Waals surface area (Å²) in [5, 5.41) is 2.70. The molecule has 1 aromatic rings. The number of carbonyl (C=O) groups excluding carboxylic acids is 2. The maximum Gasteiger partial charge on any atom is 0.312 e. The second-order valence-corrected chi connectivity index (χ2v) is 6.69. The number of piperazine rings is 1. The first kappa shape index (κ1) is 20.2. The molecule has 1 aliphatic heterocycles. The van der Waals surface area contributed by atoms with Gasteiger partial charge in [-0.1, -0.05) is 25.5 Å². The lowest BCUT2D eigenvalue weighted by atomic mass is 10.2. The van der Waals surface area contributed by atoms with Gasteiger partial charge < -0.3 is 19.9 Å². The number of hydrogen-bond donors (Lipinski definition) is 1. The Hall–Kier alpha value is -2.08. The van der Waals surface area contributed by atoms with Crippen molar-refractivity contribution in [1.82, 2.24) is 10.2 Å². The van der Waals surface area contributed by atoms with Crippen LogP contribution in [-0.4, -0.2) is 62.7 Å². The van der Waals surface area contributed by atoms with Gasteiger partial charge in [0.1, 0.15) is 0 Å². The second kappa shape index (κ2) is 10.8. The highest BCUT2D eigenvalue weighted by molar-refractivity contribution is 6.35. The predicted octanol–water partition coefficient (Wildman–Crippen LogP) is 1.97. The van der Waals surface area contributed by atoms with Crippen LogP contribution in [0.4, 0.5) is 5.69 Å². The van der Waals surface area contributed by atoms with Gasteiger partial charge in [-0.15, -0.1) is 0 Å². The molecule has 0 radical (unpaired) electrons. The maximum atomic E-state index is 12.3. The molecular formula is C20H31N3O3. The highest BCUT2D eigenvalue weighted by atomic mass is 16.5. The first-order valence-corrected chi connectivity index (χ1v) is 9.58. The van der Waals surface area contributed by atoms with Crippen LogP contribution in [0.3, 0.4) is 0 Å². The van der Waals surface area contributed by atoms with E-state index in [1.54, 1.807) is 4.90 Å². The third-order valence-corrected chi connectivity index (χ3v) is 4.52. The number of anilines is 1. The van der Waals surface area contributed by atoms with E-state index in [0.29, 0.717) is 26.2 Å². The number of rotatable bonds is 8. The molecule has 0 aromatic heterocycles. The van der Waals surface area contributed by atoms with E-state index in [-0.39, 0.29) is 0 Å². The summed E-state index contributed by atoms with van der Waals surface area (Å²) in [5.74, 6) is -0.941. The largest absolute Gasteiger partial charge is 0.381 e. The first-order chi connectivity index (χ1) is 12.6. The van der Waals surface area contributed by atoms with Crippen molar-refractivity contribution in [1.29, 1.82) is 0 Å². The molecule has 1 fully saturated rings. The molecule has 6 nitrogen and oxygen atoms in total. The van der Waals surface area contributed by atoms with E-state index in [1.807, 2.05) is 6.07 Å². The summed E-state index contributed by atoms with van der Waals surface area (Å²) in [7, 11) is 0. The molecule has 1 aromatic carbocycles. The fraction of sp³-hybridized carbons (Fsp3) is 0.600. The van der Waals surface area contributed by atoms with Gasteiger partial charge in [0.25, 0.3) is 0 Å². The minimum absolute atomic E-state index is 0.430. The zero-order valence-electron chi connectivity index (χ0n) is 16.0. The van der Waals surface area contributed by atoms with Crippen molar-refractivity contribution in [2.45, 2.75) is 33.1 Å². The maximum absolute atomic E-state index is 12.3. The Bertz CT molecular complexity index is 583. The Morgan fingerprint density at radius 2 is 1.85 bits per heavy atom. The SMILES string of the molecule is CCCCOCCCNC(=O)C(=O)N1CCN(c2cccc(C)c2)CC1. The van der Waals surface area contributed by atoms with Crippen molar-refractivity contribution in [2.75, 3.05) is 50.8 Å². The summed E-state index contributed by atoms with van der Waals surface area (Å²) < 4.78 is 5.44. The average Bonchev–Trinajstić information content (AvgIpc) is 2.66. The van der Waals surface area contributed by atoms with E-state index >= 15 is 0 Å². The lowest BCUT2D eigenvalue weighted by molar-refractivity contribution is -0.146. The third kappa shape index (κ3) is 6.33. The van der Waals surface area contributed by atoms with Gasteiger partial charge in [-0.25, -0.2) is 0 Å². The zero-order valence-corrected chi connectivity index (χ0v) is 16.0. The molecule has 1 saturated heterocycles. The van der Waals surface area contributed by atoms with Crippen molar-refractivity contribution in [3.8, 4) is 0 Å². The van der Waals surface area contributed by atoms with Crippen molar-refractivity contribution in [3.05, 3.63) is 29.8 Å². The molecule has 144 valence electrons. The Labute approximate surface area is 156 Å². The molecule has 1 heterocycles. The number of nitrogens with zero attached hydrogens (tertiary/aromatic N) is 2. The van der Waals surface area contributed by atoms with Crippen LogP contribution in [-0.2, 0) is 14.3 Å². The van der Waals surface area contributed by atoms with E-state index in [2.05, 4.69) is 42.3 Å². The third-order valence-electron chi connectivity index (χ3n) is 4.52. The lowest BCUT2D eigenvalue weighted by Crippen LogP contribution is -2.52. The van der Waals surface area contributed by atoms with Crippen molar-refractivity contribution < 1.29 is 14.3 Å². The highest BCUT2D eigenvalue weighted by Gasteiger charge is 2.25. The number of amides is 2. The van der Waals surface area contributed by atoms with E-state index in [9.17, 15) is 9.59 Å². The van der Waals surface area contributed by atoms with Gasteiger partial charge in [-0.2, -0.15) is 0 Å². The van der Waals surface area contributed by atoms with E-state index < -0.39 is 11.8 Å². The molecule has 6 heteroatoms. The zero-order chi connectivity index (χ0) is 18.8. The average molecular weight is 361 g/mol. The summed E-state index contributed by atoms with van der Waals surface area (Å²) in [5.41, 5.74) is 2.39. The number of hydrogen-bond acceptors (Lipinski definition) is 4. The summed E-state index contributed by atoms with van der Waals surface area (Å²) >= 11 is 0. The van der Waals surface area contributed by atoms with Crippen molar-refractivity contribution >= 4 is 17.5 Å². The Kier molecular flexibility index (Phi) is 8.41. The molecular weight excluding hydrogens is 330 g/mol. The molecule has 0 spiro atoms. The standard InChI is InChI=1S/C20H31N3O3/c1-3-4-14-26-15-6-9-21-19(24)20(25)23-12-10-22(11-13-23)18-8-5-7-17(2)16-18/h5,7-8,16H,3-4,6,9-15H2,1-2H3,(H,21,24). The highest BCUT2D eigenvalue weighted by Crippen LogP contribution is 2.17. The van der Waals surface area contributed by atoms with Gasteiger partial charge in [0.2, 0.25) is 0 Å². The van der Waals surface area contributed by atoms with Gasteiger partial charge in [0.15, 0.2) is 0 Å². The van der Waals surface area contributed by atoms with E-state index in [0.717, 1.165) is 39.0 Å². The molecule has 1 aliphatic rings. The van der Waals surface area contributed by atoms with Gasteiger partial charge in [0.05, 0.1) is 0 Å². The smallest absolute Gasteiger partial charge is 0.312 e. The number of carbonyl (C=O) groups is 2. The van der Waals surface area contributed by atoms with Gasteiger partial charge >= 0.3 is 11.8 Å². The van der Waals surface area contributed by atoms with Crippen LogP contribution in [0.25, 0.3) is 0 Å². The molecule has 0 bridgehead atoms. The summed E-state index contributed by atoms with van der Waals surface area (Å²) in [6.45, 7) is 8.67. The van der Waals surface area contributed by atoms with Gasteiger partial charge in [0, 0.05) is 51.6 Å². The fourth-order valence-corrected chi connectivity index (χ4v) is 2.94. The fourth-order valence-electron chi connectivity index (χ4n) is 2.94. The van der Waals surface area contributed by atoms with Crippen LogP contribution in [0, 0.1) is 6.92 Å². The van der Waals surface area contributed by atoms with Crippen LogP contribution in [0.2, 0.25) is 0 Å². The molecule has 2 amide bonds. The summed E-state index contributed by atoms with van der Waals surface area (Å²) in [6, 6.07) is 8.34. The number of aryl methyl sites for hydroxylation is 1. The van der Waals surface area contributed by atoms with E-state index in [4.69, 9.17) is 4.74 Å². The minimum Gasteiger partial charge on any atom is -0.381 e. The molecule has 0 aliphatic carbocycles. The molecule has 0 saturated carbocycles. The molecule has 0 atom stereocenters. The number of benzene rings is 1. The summed E-state index contributed by atoms with van der Waals surface area (Å²) in [4.78, 5) is 28.2. The number of unbranched alkanes of at least 4 members (excludes halogenated alkanes) is 1. The number of ether oxygens (including phenoxy) is 1. The predicted molar refractivity (Wildman–Crippen MR) is 103 cm³/mol. The van der Waals surface area contributed by atoms with Crippen molar-refractivity contribution in [3.63, 3.8) is 0 Å². The van der Waals surface area contributed by atoms with E-state index in [1.165, 1.54) is 11.3 Å². The van der Waals surface area contributed by atoms with Crippen LogP contribution in [0.15, 0.2) is 24.3 Å². The topological polar surface area (TPSA) is 61.9 Å². The molecule has 2 rings (SSSR count). The minimum atomic E-state index is -0.512. The Morgan fingerprint density at radius 3 is 2.54 bits per heavy atom. The Morgan fingerprint density at radius 1 is 1.12 bits per heavy atom.